The highest BCUT2D eigenvalue weighted by molar-refractivity contribution is 7.91. The lowest BCUT2D eigenvalue weighted by Gasteiger charge is -2.12. The van der Waals surface area contributed by atoms with Crippen LogP contribution in [0.3, 0.4) is 0 Å². The van der Waals surface area contributed by atoms with E-state index >= 15 is 0 Å². The number of fused-ring (bicyclic) bond motifs is 2. The summed E-state index contributed by atoms with van der Waals surface area (Å²) in [4.78, 5) is 17.6. The van der Waals surface area contributed by atoms with Crippen LogP contribution in [-0.2, 0) is 16.4 Å². The number of hydrogen-bond acceptors (Lipinski definition) is 6. The minimum atomic E-state index is -3.98. The fourth-order valence-corrected chi connectivity index (χ4v) is 4.78. The molecule has 0 bridgehead atoms. The summed E-state index contributed by atoms with van der Waals surface area (Å²) < 4.78 is 29.1. The van der Waals surface area contributed by atoms with Crippen LogP contribution in [0.4, 0.5) is 5.82 Å². The number of rotatable bonds is 4. The van der Waals surface area contributed by atoms with Crippen LogP contribution < -0.4 is 15.9 Å². The van der Waals surface area contributed by atoms with Crippen molar-refractivity contribution >= 4 is 32.3 Å². The van der Waals surface area contributed by atoms with E-state index in [-0.39, 0.29) is 39.8 Å². The summed E-state index contributed by atoms with van der Waals surface area (Å²) >= 11 is 0. The van der Waals surface area contributed by atoms with E-state index in [1.807, 2.05) is 13.0 Å². The summed E-state index contributed by atoms with van der Waals surface area (Å²) in [7, 11) is -3.98. The number of hydrogen-bond donors (Lipinski definition) is 2. The first-order valence-electron chi connectivity index (χ1n) is 8.91. The molecule has 0 aliphatic heterocycles. The van der Waals surface area contributed by atoms with Gasteiger partial charge in [-0.1, -0.05) is 29.2 Å². The summed E-state index contributed by atoms with van der Waals surface area (Å²) in [6, 6.07) is 12.7. The summed E-state index contributed by atoms with van der Waals surface area (Å²) in [5, 5.41) is 9.62. The molecule has 0 aliphatic carbocycles. The zero-order valence-corrected chi connectivity index (χ0v) is 16.4. The number of aliphatic hydroxyl groups excluding tert-OH is 1. The molecule has 0 spiro atoms. The molecule has 1 aromatic carbocycles. The lowest BCUT2D eigenvalue weighted by Crippen LogP contribution is -2.43. The van der Waals surface area contributed by atoms with Crippen LogP contribution in [0.25, 0.3) is 16.7 Å². The number of pyridine rings is 2. The van der Waals surface area contributed by atoms with Gasteiger partial charge in [-0.3, -0.25) is 9.20 Å². The van der Waals surface area contributed by atoms with Crippen LogP contribution >= 0.6 is 0 Å². The third-order valence-corrected chi connectivity index (χ3v) is 6.60. The molecule has 3 heterocycles. The second-order valence-corrected chi connectivity index (χ2v) is 8.54. The second kappa shape index (κ2) is 6.94. The molecular formula is C20H19N4O4S+. The maximum Gasteiger partial charge on any atom is 0.278 e. The monoisotopic (exact) mass is 411 g/mol. The third-order valence-electron chi connectivity index (χ3n) is 4.81. The highest BCUT2D eigenvalue weighted by Gasteiger charge is 2.29. The number of aliphatic hydroxyl groups is 1. The van der Waals surface area contributed by atoms with Gasteiger partial charge in [0.25, 0.3) is 11.2 Å². The Morgan fingerprint density at radius 1 is 1.17 bits per heavy atom. The Morgan fingerprint density at radius 2 is 1.90 bits per heavy atom. The van der Waals surface area contributed by atoms with Gasteiger partial charge in [-0.05, 0) is 31.2 Å². The molecule has 4 aromatic rings. The van der Waals surface area contributed by atoms with Crippen molar-refractivity contribution in [3.63, 3.8) is 0 Å². The molecule has 148 valence electrons. The van der Waals surface area contributed by atoms with Crippen molar-refractivity contribution in [1.29, 1.82) is 0 Å². The molecule has 8 nitrogen and oxygen atoms in total. The topological polar surface area (TPSA) is 119 Å². The molecule has 4 rings (SSSR count). The molecule has 29 heavy (non-hydrogen) atoms. The lowest BCUT2D eigenvalue weighted by atomic mass is 10.2. The van der Waals surface area contributed by atoms with Crippen LogP contribution in [0.2, 0.25) is 0 Å². The van der Waals surface area contributed by atoms with Crippen LogP contribution in [0, 0.1) is 6.92 Å². The predicted octanol–water partition coefficient (Wildman–Crippen LogP) is 0.851. The lowest BCUT2D eigenvalue weighted by molar-refractivity contribution is -0.661. The van der Waals surface area contributed by atoms with Crippen molar-refractivity contribution in [2.45, 2.75) is 23.3 Å². The largest absolute Gasteiger partial charge is 0.393 e. The molecule has 0 atom stereocenters. The molecule has 0 aliphatic rings. The van der Waals surface area contributed by atoms with E-state index in [1.54, 1.807) is 30.5 Å². The SMILES string of the molecule is Cc1cccn2c(=O)c3cc(S(=O)(=O)c4ccccc4)c(N)[n+](CCO)c3nc12. The highest BCUT2D eigenvalue weighted by atomic mass is 32.2. The van der Waals surface area contributed by atoms with Gasteiger partial charge in [0.2, 0.25) is 21.3 Å². The van der Waals surface area contributed by atoms with E-state index in [9.17, 15) is 18.3 Å². The fourth-order valence-electron chi connectivity index (χ4n) is 3.35. The Hall–Kier alpha value is -3.30. The molecule has 0 amide bonds. The molecule has 9 heteroatoms. The molecular weight excluding hydrogens is 392 g/mol. The van der Waals surface area contributed by atoms with Crippen molar-refractivity contribution < 1.29 is 18.1 Å². The minimum absolute atomic E-state index is 0.00498. The van der Waals surface area contributed by atoms with Gasteiger partial charge >= 0.3 is 0 Å². The fraction of sp³-hybridized carbons (Fsp3) is 0.150. The molecule has 3 N–H and O–H groups in total. The first-order chi connectivity index (χ1) is 13.9. The maximum absolute atomic E-state index is 13.2. The first kappa shape index (κ1) is 19.0. The van der Waals surface area contributed by atoms with E-state index in [4.69, 9.17) is 5.73 Å². The standard InChI is InChI=1S/C20H18N4O4S/c1-13-6-5-9-24-18(13)22-19-15(20(24)26)12-16(17(21)23(19)10-11-25)29(27,28)14-7-3-2-4-8-14/h2-9,12,21,25H,10-11H2,1H3/p+1. The van der Waals surface area contributed by atoms with Crippen molar-refractivity contribution in [1.82, 2.24) is 9.38 Å². The smallest absolute Gasteiger partial charge is 0.278 e. The van der Waals surface area contributed by atoms with E-state index < -0.39 is 15.4 Å². The van der Waals surface area contributed by atoms with Gasteiger partial charge in [-0.25, -0.2) is 13.0 Å². The number of nitrogens with zero attached hydrogens (tertiary/aromatic N) is 3. The van der Waals surface area contributed by atoms with E-state index in [2.05, 4.69) is 4.98 Å². The number of sulfone groups is 1. The number of anilines is 1. The normalized spacial score (nSPS) is 11.9. The van der Waals surface area contributed by atoms with E-state index in [1.165, 1.54) is 27.2 Å². The third kappa shape index (κ3) is 2.95. The summed E-state index contributed by atoms with van der Waals surface area (Å²) in [5.41, 5.74) is 7.25. The Kier molecular flexibility index (Phi) is 4.56. The van der Waals surface area contributed by atoms with Crippen LogP contribution in [-0.4, -0.2) is 29.5 Å². The highest BCUT2D eigenvalue weighted by Crippen LogP contribution is 2.26. The molecule has 0 radical (unpaired) electrons. The van der Waals surface area contributed by atoms with E-state index in [0.29, 0.717) is 5.65 Å². The minimum Gasteiger partial charge on any atom is -0.393 e. The van der Waals surface area contributed by atoms with Crippen molar-refractivity contribution in [3.05, 3.63) is 70.6 Å². The number of aromatic nitrogens is 3. The van der Waals surface area contributed by atoms with E-state index in [0.717, 1.165) is 5.56 Å². The molecule has 0 unspecified atom stereocenters. The van der Waals surface area contributed by atoms with Crippen molar-refractivity contribution in [3.8, 4) is 0 Å². The van der Waals surface area contributed by atoms with Crippen LogP contribution in [0.15, 0.2) is 69.3 Å². The Balaban J connectivity index is 2.16. The number of aryl methyl sites for hydroxylation is 1. The molecule has 0 fully saturated rings. The predicted molar refractivity (Wildman–Crippen MR) is 107 cm³/mol. The van der Waals surface area contributed by atoms with Gasteiger partial charge in [0.05, 0.1) is 18.0 Å². The zero-order chi connectivity index (χ0) is 20.8. The zero-order valence-electron chi connectivity index (χ0n) is 15.6. The van der Waals surface area contributed by atoms with Crippen LogP contribution in [0.1, 0.15) is 5.56 Å². The summed E-state index contributed by atoms with van der Waals surface area (Å²) in [6.07, 6.45) is 1.58. The number of nitrogen functional groups attached to an aromatic ring is 1. The molecule has 3 aromatic heterocycles. The number of nitrogens with two attached hydrogens (primary N) is 1. The van der Waals surface area contributed by atoms with Gasteiger partial charge in [0, 0.05) is 11.8 Å². The average Bonchev–Trinajstić information content (AvgIpc) is 2.71. The maximum atomic E-state index is 13.2. The second-order valence-electron chi connectivity index (χ2n) is 6.62. The quantitative estimate of drug-likeness (QED) is 0.380. The van der Waals surface area contributed by atoms with Crippen molar-refractivity contribution in [2.24, 2.45) is 0 Å². The van der Waals surface area contributed by atoms with Gasteiger partial charge in [0.15, 0.2) is 0 Å². The van der Waals surface area contributed by atoms with Crippen molar-refractivity contribution in [2.75, 3.05) is 12.3 Å². The van der Waals surface area contributed by atoms with Gasteiger partial charge in [0.1, 0.15) is 10.3 Å². The van der Waals surface area contributed by atoms with Gasteiger partial charge in [-0.15, -0.1) is 0 Å². The van der Waals surface area contributed by atoms with Gasteiger partial charge in [-0.2, -0.15) is 0 Å². The molecule has 0 saturated heterocycles. The summed E-state index contributed by atoms with van der Waals surface area (Å²) in [5.74, 6) is -0.0831. The Morgan fingerprint density at radius 3 is 2.59 bits per heavy atom. The first-order valence-corrected chi connectivity index (χ1v) is 10.4. The average molecular weight is 411 g/mol. The van der Waals surface area contributed by atoms with Gasteiger partial charge < -0.3 is 10.8 Å². The Bertz CT molecular complexity index is 1410. The molecule has 0 saturated carbocycles. The van der Waals surface area contributed by atoms with Crippen LogP contribution in [0.5, 0.6) is 0 Å². The number of benzene rings is 1. The Labute approximate surface area is 166 Å². The summed E-state index contributed by atoms with van der Waals surface area (Å²) in [6.45, 7) is 1.52.